The van der Waals surface area contributed by atoms with Gasteiger partial charge >= 0.3 is 0 Å². The molecule has 6 nitrogen and oxygen atoms in total. The molecule has 2 atom stereocenters. The van der Waals surface area contributed by atoms with E-state index in [1.807, 2.05) is 23.1 Å². The smallest absolute Gasteiger partial charge is 0.137 e. The van der Waals surface area contributed by atoms with E-state index in [-0.39, 0.29) is 6.10 Å². The Bertz CT molecular complexity index is 516. The molecule has 0 saturated carbocycles. The molecule has 0 N–H and O–H groups in total. The molecule has 106 valence electrons. The van der Waals surface area contributed by atoms with Gasteiger partial charge in [-0.05, 0) is 18.6 Å². The molecule has 1 saturated heterocycles. The molecule has 0 bridgehead atoms. The van der Waals surface area contributed by atoms with Crippen molar-refractivity contribution in [3.8, 4) is 0 Å². The van der Waals surface area contributed by atoms with Crippen molar-refractivity contribution in [2.24, 2.45) is 0 Å². The van der Waals surface area contributed by atoms with Crippen LogP contribution in [0.25, 0.3) is 0 Å². The minimum absolute atomic E-state index is 0.157. The monoisotopic (exact) mass is 273 g/mol. The predicted molar refractivity (Wildman–Crippen MR) is 74.0 cm³/mol. The summed E-state index contributed by atoms with van der Waals surface area (Å²) < 4.78 is 7.64. The summed E-state index contributed by atoms with van der Waals surface area (Å²) in [6.07, 6.45) is 7.19. The lowest BCUT2D eigenvalue weighted by Crippen LogP contribution is -2.45. The number of hydrogen-bond donors (Lipinski definition) is 0. The summed E-state index contributed by atoms with van der Waals surface area (Å²) >= 11 is 0. The molecule has 2 aromatic rings. The highest BCUT2D eigenvalue weighted by Gasteiger charge is 2.25. The molecular formula is C14H19N5O. The third-order valence-corrected chi connectivity index (χ3v) is 3.74. The first-order valence-corrected chi connectivity index (χ1v) is 6.91. The molecule has 20 heavy (non-hydrogen) atoms. The van der Waals surface area contributed by atoms with Crippen molar-refractivity contribution in [2.45, 2.75) is 25.6 Å². The van der Waals surface area contributed by atoms with Gasteiger partial charge in [0.15, 0.2) is 0 Å². The highest BCUT2D eigenvalue weighted by Crippen LogP contribution is 2.22. The highest BCUT2D eigenvalue weighted by molar-refractivity contribution is 5.13. The van der Waals surface area contributed by atoms with Gasteiger partial charge in [0, 0.05) is 31.5 Å². The fourth-order valence-electron chi connectivity index (χ4n) is 2.57. The number of rotatable bonds is 4. The maximum atomic E-state index is 5.82. The van der Waals surface area contributed by atoms with Crippen LogP contribution in [-0.4, -0.2) is 50.4 Å². The predicted octanol–water partition coefficient (Wildman–Crippen LogP) is 1.14. The van der Waals surface area contributed by atoms with E-state index in [4.69, 9.17) is 4.74 Å². The number of nitrogens with zero attached hydrogens (tertiary/aromatic N) is 5. The SMILES string of the molecule is C[C@H](c1cccnc1)N1CCO[C@H](Cn2cncn2)C1. The zero-order valence-corrected chi connectivity index (χ0v) is 11.6. The van der Waals surface area contributed by atoms with Gasteiger partial charge in [-0.25, -0.2) is 4.98 Å². The van der Waals surface area contributed by atoms with Crippen LogP contribution < -0.4 is 0 Å². The lowest BCUT2D eigenvalue weighted by molar-refractivity contribution is -0.0497. The van der Waals surface area contributed by atoms with Gasteiger partial charge in [0.2, 0.25) is 0 Å². The molecule has 2 aromatic heterocycles. The van der Waals surface area contributed by atoms with Gasteiger partial charge in [-0.15, -0.1) is 0 Å². The van der Waals surface area contributed by atoms with E-state index in [1.54, 1.807) is 12.7 Å². The Morgan fingerprint density at radius 1 is 1.45 bits per heavy atom. The van der Waals surface area contributed by atoms with Crippen molar-refractivity contribution in [3.63, 3.8) is 0 Å². The maximum absolute atomic E-state index is 5.82. The van der Waals surface area contributed by atoms with Crippen LogP contribution in [0.1, 0.15) is 18.5 Å². The second-order valence-electron chi connectivity index (χ2n) is 5.07. The van der Waals surface area contributed by atoms with Crippen LogP contribution in [0.4, 0.5) is 0 Å². The summed E-state index contributed by atoms with van der Waals surface area (Å²) in [5, 5.41) is 4.14. The van der Waals surface area contributed by atoms with Crippen LogP contribution >= 0.6 is 0 Å². The van der Waals surface area contributed by atoms with Gasteiger partial charge in [-0.3, -0.25) is 14.6 Å². The third kappa shape index (κ3) is 3.02. The molecule has 3 rings (SSSR count). The first-order chi connectivity index (χ1) is 9.83. The maximum Gasteiger partial charge on any atom is 0.137 e. The molecule has 3 heterocycles. The summed E-state index contributed by atoms with van der Waals surface area (Å²) in [7, 11) is 0. The summed E-state index contributed by atoms with van der Waals surface area (Å²) in [6.45, 7) is 5.56. The van der Waals surface area contributed by atoms with E-state index < -0.39 is 0 Å². The second kappa shape index (κ2) is 6.11. The second-order valence-corrected chi connectivity index (χ2v) is 5.07. The molecule has 0 radical (unpaired) electrons. The van der Waals surface area contributed by atoms with Crippen molar-refractivity contribution in [2.75, 3.05) is 19.7 Å². The van der Waals surface area contributed by atoms with Gasteiger partial charge in [0.1, 0.15) is 12.7 Å². The Morgan fingerprint density at radius 3 is 3.15 bits per heavy atom. The lowest BCUT2D eigenvalue weighted by atomic mass is 10.1. The largest absolute Gasteiger partial charge is 0.374 e. The highest BCUT2D eigenvalue weighted by atomic mass is 16.5. The Balaban J connectivity index is 1.63. The van der Waals surface area contributed by atoms with E-state index in [0.717, 1.165) is 26.2 Å². The number of morpholine rings is 1. The van der Waals surface area contributed by atoms with E-state index in [1.165, 1.54) is 5.56 Å². The Hall–Kier alpha value is -1.79. The average molecular weight is 273 g/mol. The van der Waals surface area contributed by atoms with Crippen LogP contribution in [0.5, 0.6) is 0 Å². The average Bonchev–Trinajstić information content (AvgIpc) is 3.01. The van der Waals surface area contributed by atoms with E-state index in [0.29, 0.717) is 6.04 Å². The van der Waals surface area contributed by atoms with Crippen molar-refractivity contribution in [1.29, 1.82) is 0 Å². The molecule has 6 heteroatoms. The number of ether oxygens (including phenoxy) is 1. The molecule has 0 aromatic carbocycles. The molecule has 0 amide bonds. The van der Waals surface area contributed by atoms with Crippen LogP contribution in [0.3, 0.4) is 0 Å². The van der Waals surface area contributed by atoms with Crippen LogP contribution in [0, 0.1) is 0 Å². The van der Waals surface area contributed by atoms with Gasteiger partial charge in [-0.1, -0.05) is 6.07 Å². The van der Waals surface area contributed by atoms with Gasteiger partial charge in [-0.2, -0.15) is 5.10 Å². The molecular weight excluding hydrogens is 254 g/mol. The van der Waals surface area contributed by atoms with Crippen LogP contribution in [0.2, 0.25) is 0 Å². The van der Waals surface area contributed by atoms with Crippen molar-refractivity contribution < 1.29 is 4.74 Å². The summed E-state index contributed by atoms with van der Waals surface area (Å²) in [4.78, 5) is 10.6. The molecule has 1 fully saturated rings. The first kappa shape index (κ1) is 13.2. The summed E-state index contributed by atoms with van der Waals surface area (Å²) in [6, 6.07) is 4.46. The minimum atomic E-state index is 0.157. The fraction of sp³-hybridized carbons (Fsp3) is 0.500. The number of hydrogen-bond acceptors (Lipinski definition) is 5. The van der Waals surface area contributed by atoms with Crippen molar-refractivity contribution in [3.05, 3.63) is 42.7 Å². The van der Waals surface area contributed by atoms with E-state index in [2.05, 4.69) is 33.0 Å². The topological polar surface area (TPSA) is 56.1 Å². The Labute approximate surface area is 118 Å². The number of aromatic nitrogens is 4. The van der Waals surface area contributed by atoms with Crippen molar-refractivity contribution in [1.82, 2.24) is 24.6 Å². The normalized spacial score (nSPS) is 21.8. The minimum Gasteiger partial charge on any atom is -0.374 e. The number of pyridine rings is 1. The molecule has 0 unspecified atom stereocenters. The molecule has 0 spiro atoms. The molecule has 1 aliphatic heterocycles. The Kier molecular flexibility index (Phi) is 4.03. The van der Waals surface area contributed by atoms with Crippen LogP contribution in [0.15, 0.2) is 37.2 Å². The molecule has 1 aliphatic rings. The van der Waals surface area contributed by atoms with Crippen LogP contribution in [-0.2, 0) is 11.3 Å². The van der Waals surface area contributed by atoms with Gasteiger partial charge in [0.25, 0.3) is 0 Å². The van der Waals surface area contributed by atoms with E-state index >= 15 is 0 Å². The quantitative estimate of drug-likeness (QED) is 0.836. The third-order valence-electron chi connectivity index (χ3n) is 3.74. The van der Waals surface area contributed by atoms with Gasteiger partial charge in [0.05, 0.1) is 19.3 Å². The standard InChI is InChI=1S/C14H19N5O/c1-12(13-3-2-4-15-7-13)18-5-6-20-14(8-18)9-19-11-16-10-17-19/h2-4,7,10-12,14H,5-6,8-9H2,1H3/t12-,14+/m1/s1. The first-order valence-electron chi connectivity index (χ1n) is 6.91. The zero-order chi connectivity index (χ0) is 13.8. The molecule has 0 aliphatic carbocycles. The Morgan fingerprint density at radius 2 is 2.40 bits per heavy atom. The fourth-order valence-corrected chi connectivity index (χ4v) is 2.57. The zero-order valence-electron chi connectivity index (χ0n) is 11.6. The summed E-state index contributed by atoms with van der Waals surface area (Å²) in [5.74, 6) is 0. The summed E-state index contributed by atoms with van der Waals surface area (Å²) in [5.41, 5.74) is 1.24. The van der Waals surface area contributed by atoms with Crippen molar-refractivity contribution >= 4 is 0 Å². The lowest BCUT2D eigenvalue weighted by Gasteiger charge is -2.36. The van der Waals surface area contributed by atoms with Gasteiger partial charge < -0.3 is 4.74 Å². The van der Waals surface area contributed by atoms with E-state index in [9.17, 15) is 0 Å².